The minimum atomic E-state index is -4.24. The second-order valence-corrected chi connectivity index (χ2v) is 13.8. The molecule has 13 heteroatoms. The lowest BCUT2D eigenvalue weighted by molar-refractivity contribution is -0.142. The second-order valence-electron chi connectivity index (χ2n) is 10.8. The second kappa shape index (κ2) is 13.9. The van der Waals surface area contributed by atoms with Crippen molar-refractivity contribution in [2.24, 2.45) is 7.05 Å². The van der Waals surface area contributed by atoms with Crippen molar-refractivity contribution >= 4 is 65.3 Å². The molecule has 6 rings (SSSR count). The van der Waals surface area contributed by atoms with Gasteiger partial charge in [0, 0.05) is 47.1 Å². The molecule has 0 saturated carbocycles. The number of amides is 1. The number of pyridine rings is 1. The Kier molecular flexibility index (Phi) is 9.49. The Hall–Kier alpha value is -5.16. The predicted molar refractivity (Wildman–Crippen MR) is 188 cm³/mol. The summed E-state index contributed by atoms with van der Waals surface area (Å²) in [4.78, 5) is 31.1. The van der Waals surface area contributed by atoms with Crippen LogP contribution in [-0.2, 0) is 21.1 Å². The molecule has 3 heterocycles. The number of nitrogens with zero attached hydrogens (tertiary/aromatic N) is 4. The summed E-state index contributed by atoms with van der Waals surface area (Å²) in [6.07, 6.45) is 7.19. The Labute approximate surface area is 281 Å². The fraction of sp³-hybridized carbons (Fsp3) is 0.143. The van der Waals surface area contributed by atoms with Gasteiger partial charge >= 0.3 is 13.6 Å². The molecule has 0 radical (unpaired) electrons. The first-order valence-corrected chi connectivity index (χ1v) is 17.4. The SMILES string of the molecule is CNC(=O)c1ccccc1Sc1ccc2c(/C=C/c3ccccn3)nn(P(=O)(N[C@@H](C)C(=O)OC)Oc3cccc4c3ccn4C)c2c1. The molecule has 11 nitrogen and oxygen atoms in total. The molecule has 48 heavy (non-hydrogen) atoms. The van der Waals surface area contributed by atoms with E-state index < -0.39 is 19.7 Å². The highest BCUT2D eigenvalue weighted by Crippen LogP contribution is 2.49. The summed E-state index contributed by atoms with van der Waals surface area (Å²) in [5.41, 5.74) is 3.10. The molecule has 0 aliphatic rings. The first-order chi connectivity index (χ1) is 23.2. The summed E-state index contributed by atoms with van der Waals surface area (Å²) in [6.45, 7) is 1.55. The maximum Gasteiger partial charge on any atom is 0.440 e. The lowest BCUT2D eigenvalue weighted by Gasteiger charge is -2.24. The summed E-state index contributed by atoms with van der Waals surface area (Å²) >= 11 is 1.38. The average Bonchev–Trinajstić information content (AvgIpc) is 3.68. The number of fused-ring (bicyclic) bond motifs is 2. The maximum absolute atomic E-state index is 15.3. The largest absolute Gasteiger partial charge is 0.468 e. The first-order valence-electron chi connectivity index (χ1n) is 15.0. The van der Waals surface area contributed by atoms with E-state index in [2.05, 4.69) is 15.4 Å². The third kappa shape index (κ3) is 6.64. The Bertz CT molecular complexity index is 2210. The zero-order valence-corrected chi connectivity index (χ0v) is 28.4. The highest BCUT2D eigenvalue weighted by Gasteiger charge is 2.36. The molecule has 2 N–H and O–H groups in total. The molecule has 3 aromatic carbocycles. The summed E-state index contributed by atoms with van der Waals surface area (Å²) < 4.78 is 29.9. The van der Waals surface area contributed by atoms with E-state index in [1.807, 2.05) is 96.7 Å². The van der Waals surface area contributed by atoms with Crippen LogP contribution in [0.1, 0.15) is 28.7 Å². The van der Waals surface area contributed by atoms with E-state index in [4.69, 9.17) is 14.4 Å². The number of hydrogen-bond donors (Lipinski definition) is 2. The van der Waals surface area contributed by atoms with Gasteiger partial charge in [-0.25, -0.2) is 9.65 Å². The molecule has 6 aromatic rings. The fourth-order valence-electron chi connectivity index (χ4n) is 5.22. The number of aryl methyl sites for hydroxylation is 1. The summed E-state index contributed by atoms with van der Waals surface area (Å²) in [5.74, 6) is -0.481. The van der Waals surface area contributed by atoms with Gasteiger partial charge in [0.25, 0.3) is 5.91 Å². The van der Waals surface area contributed by atoms with Crippen molar-refractivity contribution < 1.29 is 23.4 Å². The molecule has 0 bridgehead atoms. The van der Waals surface area contributed by atoms with Crippen LogP contribution in [0.2, 0.25) is 0 Å². The number of carbonyl (C=O) groups excluding carboxylic acids is 2. The quantitative estimate of drug-likeness (QED) is 0.112. The van der Waals surface area contributed by atoms with E-state index in [9.17, 15) is 9.59 Å². The Morgan fingerprint density at radius 2 is 1.77 bits per heavy atom. The van der Waals surface area contributed by atoms with E-state index in [-0.39, 0.29) is 5.91 Å². The molecule has 2 atom stereocenters. The molecule has 0 fully saturated rings. The minimum Gasteiger partial charge on any atom is -0.468 e. The molecule has 0 spiro atoms. The van der Waals surface area contributed by atoms with Gasteiger partial charge in [-0.15, -0.1) is 0 Å². The van der Waals surface area contributed by atoms with Gasteiger partial charge in [-0.05, 0) is 79.7 Å². The van der Waals surface area contributed by atoms with E-state index in [0.717, 1.165) is 20.7 Å². The third-order valence-electron chi connectivity index (χ3n) is 7.62. The van der Waals surface area contributed by atoms with Crippen LogP contribution in [0, 0.1) is 0 Å². The Balaban J connectivity index is 1.53. The predicted octanol–water partition coefficient (Wildman–Crippen LogP) is 6.79. The molecule has 0 aliphatic carbocycles. The van der Waals surface area contributed by atoms with Gasteiger partial charge in [0.2, 0.25) is 0 Å². The van der Waals surface area contributed by atoms with Gasteiger partial charge < -0.3 is 19.1 Å². The first kappa shape index (κ1) is 32.8. The number of benzene rings is 3. The number of carbonyl (C=O) groups is 2. The number of nitrogens with one attached hydrogen (secondary N) is 2. The fourth-order valence-corrected chi connectivity index (χ4v) is 8.12. The van der Waals surface area contributed by atoms with Crippen LogP contribution < -0.4 is 14.9 Å². The van der Waals surface area contributed by atoms with Gasteiger partial charge in [0.15, 0.2) is 0 Å². The zero-order valence-electron chi connectivity index (χ0n) is 26.7. The van der Waals surface area contributed by atoms with Crippen molar-refractivity contribution in [2.75, 3.05) is 14.2 Å². The molecule has 0 aliphatic heterocycles. The number of ether oxygens (including phenoxy) is 1. The summed E-state index contributed by atoms with van der Waals surface area (Å²) in [7, 11) is 0.519. The van der Waals surface area contributed by atoms with Crippen LogP contribution in [0.4, 0.5) is 0 Å². The van der Waals surface area contributed by atoms with Crippen molar-refractivity contribution in [1.29, 1.82) is 0 Å². The number of methoxy groups -OCH3 is 1. The highest BCUT2D eigenvalue weighted by atomic mass is 32.2. The number of hydrogen-bond acceptors (Lipinski definition) is 8. The van der Waals surface area contributed by atoms with E-state index in [0.29, 0.717) is 33.6 Å². The van der Waals surface area contributed by atoms with Gasteiger partial charge in [-0.1, -0.05) is 36.0 Å². The highest BCUT2D eigenvalue weighted by molar-refractivity contribution is 7.99. The van der Waals surface area contributed by atoms with E-state index in [1.54, 1.807) is 38.4 Å². The normalized spacial score (nSPS) is 13.4. The molecule has 1 amide bonds. The van der Waals surface area contributed by atoms with E-state index in [1.165, 1.54) is 23.3 Å². The summed E-state index contributed by atoms with van der Waals surface area (Å²) in [5, 5.41) is 11.8. The van der Waals surface area contributed by atoms with Gasteiger partial charge in [0.05, 0.1) is 35.1 Å². The molecule has 0 saturated heterocycles. The van der Waals surface area contributed by atoms with Gasteiger partial charge in [-0.3, -0.25) is 14.6 Å². The van der Waals surface area contributed by atoms with Crippen LogP contribution in [-0.4, -0.2) is 51.2 Å². The standard InChI is InChI=1S/C35H33N6O5PS/c1-23(35(43)45-4)39-47(44,46-32-13-9-12-30-27(32)19-21-40(30)3)41-31-22-25(48-33-14-6-5-11-28(33)34(42)36-2)16-17-26(31)29(38-41)18-15-24-10-7-8-20-37-24/h5-23H,1-4H3,(H,36,42)(H,39,44)/b18-15+/t23-,47?/m0/s1. The molecular formula is C35H33N6O5PS. The minimum absolute atomic E-state index is 0.208. The van der Waals surface area contributed by atoms with Crippen molar-refractivity contribution in [3.05, 3.63) is 114 Å². The average molecular weight is 681 g/mol. The van der Waals surface area contributed by atoms with Crippen LogP contribution in [0.5, 0.6) is 5.75 Å². The molecule has 244 valence electrons. The number of rotatable bonds is 11. The van der Waals surface area contributed by atoms with Crippen LogP contribution >= 0.6 is 19.4 Å². The van der Waals surface area contributed by atoms with Crippen LogP contribution in [0.25, 0.3) is 34.0 Å². The third-order valence-corrected chi connectivity index (χ3v) is 10.6. The lowest BCUT2D eigenvalue weighted by Crippen LogP contribution is -2.36. The summed E-state index contributed by atoms with van der Waals surface area (Å²) in [6, 6.07) is 24.8. The lowest BCUT2D eigenvalue weighted by atomic mass is 10.2. The van der Waals surface area contributed by atoms with Gasteiger partial charge in [0.1, 0.15) is 11.8 Å². The van der Waals surface area contributed by atoms with Gasteiger partial charge in [-0.2, -0.15) is 9.55 Å². The Morgan fingerprint density at radius 1 is 0.958 bits per heavy atom. The van der Waals surface area contributed by atoms with Crippen LogP contribution in [0.3, 0.4) is 0 Å². The van der Waals surface area contributed by atoms with E-state index >= 15 is 4.57 Å². The molecule has 1 unspecified atom stereocenters. The van der Waals surface area contributed by atoms with Crippen molar-refractivity contribution in [3.8, 4) is 5.75 Å². The topological polar surface area (TPSA) is 129 Å². The number of esters is 1. The molecular weight excluding hydrogens is 647 g/mol. The zero-order chi connectivity index (χ0) is 33.8. The van der Waals surface area contributed by atoms with Crippen molar-refractivity contribution in [2.45, 2.75) is 22.8 Å². The van der Waals surface area contributed by atoms with Crippen molar-refractivity contribution in [3.63, 3.8) is 0 Å². The maximum atomic E-state index is 15.3. The van der Waals surface area contributed by atoms with Crippen LogP contribution in [0.15, 0.2) is 107 Å². The Morgan fingerprint density at radius 3 is 2.54 bits per heavy atom. The molecule has 3 aromatic heterocycles. The smallest absolute Gasteiger partial charge is 0.440 e. The monoisotopic (exact) mass is 680 g/mol. The number of aromatic nitrogens is 4. The van der Waals surface area contributed by atoms with Crippen molar-refractivity contribution in [1.82, 2.24) is 29.5 Å².